The van der Waals surface area contributed by atoms with E-state index in [0.717, 1.165) is 44.7 Å². The van der Waals surface area contributed by atoms with Gasteiger partial charge in [0.25, 0.3) is 5.91 Å². The van der Waals surface area contributed by atoms with E-state index in [1.165, 1.54) is 23.2 Å². The number of fused-ring (bicyclic) bond motifs is 1. The number of nitrogens with one attached hydrogen (secondary N) is 1. The molecule has 29 heavy (non-hydrogen) atoms. The Morgan fingerprint density at radius 1 is 1.00 bits per heavy atom. The van der Waals surface area contributed by atoms with Gasteiger partial charge in [0.2, 0.25) is 0 Å². The molecule has 0 bridgehead atoms. The summed E-state index contributed by atoms with van der Waals surface area (Å²) in [6.07, 6.45) is 2.34. The Balaban J connectivity index is 1.54. The summed E-state index contributed by atoms with van der Waals surface area (Å²) in [4.78, 5) is 19.9. The first-order valence-electron chi connectivity index (χ1n) is 10.7. The van der Waals surface area contributed by atoms with Crippen molar-refractivity contribution < 1.29 is 4.79 Å². The third kappa shape index (κ3) is 4.62. The summed E-state index contributed by atoms with van der Waals surface area (Å²) in [5, 5.41) is 3.19. The predicted octanol–water partition coefficient (Wildman–Crippen LogP) is 2.79. The molecular formula is C24H32N4O. The van der Waals surface area contributed by atoms with E-state index in [0.29, 0.717) is 6.54 Å². The summed E-state index contributed by atoms with van der Waals surface area (Å²) in [6, 6.07) is 16.6. The molecule has 2 aliphatic heterocycles. The normalized spacial score (nSPS) is 18.9. The number of amides is 1. The molecule has 5 nitrogen and oxygen atoms in total. The fourth-order valence-electron chi connectivity index (χ4n) is 4.48. The Bertz CT molecular complexity index is 830. The number of piperazine rings is 1. The molecule has 2 aromatic rings. The first-order valence-corrected chi connectivity index (χ1v) is 10.7. The number of likely N-dealkylation sites (N-methyl/N-ethyl adjacent to an activating group) is 1. The number of anilines is 1. The smallest absolute Gasteiger partial charge is 0.251 e. The fourth-order valence-corrected chi connectivity index (χ4v) is 4.48. The van der Waals surface area contributed by atoms with E-state index in [9.17, 15) is 4.79 Å². The lowest BCUT2D eigenvalue weighted by Gasteiger charge is -2.39. The number of carbonyl (C=O) groups excluding carboxylic acids is 1. The highest BCUT2D eigenvalue weighted by atomic mass is 16.1. The molecule has 1 unspecified atom stereocenters. The maximum Gasteiger partial charge on any atom is 0.251 e. The van der Waals surface area contributed by atoms with Gasteiger partial charge in [-0.3, -0.25) is 9.69 Å². The Morgan fingerprint density at radius 2 is 1.76 bits per heavy atom. The van der Waals surface area contributed by atoms with Crippen LogP contribution < -0.4 is 10.2 Å². The van der Waals surface area contributed by atoms with Gasteiger partial charge in [-0.05, 0) is 49.2 Å². The second-order valence-corrected chi connectivity index (χ2v) is 8.34. The van der Waals surface area contributed by atoms with Crippen LogP contribution in [0.25, 0.3) is 0 Å². The van der Waals surface area contributed by atoms with E-state index >= 15 is 0 Å². The molecule has 1 atom stereocenters. The molecule has 2 heterocycles. The largest absolute Gasteiger partial charge is 0.374 e. The lowest BCUT2D eigenvalue weighted by molar-refractivity contribution is 0.0886. The number of hydrogen-bond acceptors (Lipinski definition) is 4. The van der Waals surface area contributed by atoms with Crippen molar-refractivity contribution in [3.05, 3.63) is 65.2 Å². The Morgan fingerprint density at radius 3 is 2.52 bits per heavy atom. The molecule has 0 aliphatic carbocycles. The second-order valence-electron chi connectivity index (χ2n) is 8.34. The summed E-state index contributed by atoms with van der Waals surface area (Å²) in [7, 11) is 4.36. The van der Waals surface area contributed by atoms with Crippen molar-refractivity contribution in [1.29, 1.82) is 0 Å². The zero-order valence-corrected chi connectivity index (χ0v) is 17.6. The molecule has 0 radical (unpaired) electrons. The maximum absolute atomic E-state index is 12.6. The van der Waals surface area contributed by atoms with Gasteiger partial charge in [0.05, 0.1) is 6.04 Å². The zero-order chi connectivity index (χ0) is 20.2. The van der Waals surface area contributed by atoms with Gasteiger partial charge in [-0.2, -0.15) is 0 Å². The van der Waals surface area contributed by atoms with E-state index < -0.39 is 0 Å². The van der Waals surface area contributed by atoms with Crippen molar-refractivity contribution >= 4 is 11.6 Å². The minimum atomic E-state index is 0.00224. The van der Waals surface area contributed by atoms with Gasteiger partial charge in [0.15, 0.2) is 0 Å². The molecular weight excluding hydrogens is 360 g/mol. The Labute approximate surface area is 174 Å². The Hall–Kier alpha value is -2.37. The van der Waals surface area contributed by atoms with Gasteiger partial charge >= 0.3 is 0 Å². The van der Waals surface area contributed by atoms with Crippen LogP contribution in [0.1, 0.15) is 33.9 Å². The highest BCUT2D eigenvalue weighted by molar-refractivity contribution is 5.94. The molecule has 0 saturated carbocycles. The Kier molecular flexibility index (Phi) is 6.16. The number of rotatable bonds is 5. The minimum Gasteiger partial charge on any atom is -0.374 e. The van der Waals surface area contributed by atoms with E-state index in [1.54, 1.807) is 0 Å². The average Bonchev–Trinajstić information content (AvgIpc) is 2.75. The number of nitrogens with zero attached hydrogens (tertiary/aromatic N) is 3. The zero-order valence-electron chi connectivity index (χ0n) is 17.6. The molecule has 5 heteroatoms. The van der Waals surface area contributed by atoms with Gasteiger partial charge in [-0.25, -0.2) is 0 Å². The lowest BCUT2D eigenvalue weighted by Crippen LogP contribution is -2.48. The molecule has 1 N–H and O–H groups in total. The molecule has 4 rings (SSSR count). The van der Waals surface area contributed by atoms with E-state index in [2.05, 4.69) is 52.3 Å². The SMILES string of the molecule is CN1CCN(C(CNC(=O)c2ccccc2)c2ccc3c(c2)CCCN3C)CC1. The summed E-state index contributed by atoms with van der Waals surface area (Å²) in [5.41, 5.74) is 4.82. The quantitative estimate of drug-likeness (QED) is 0.849. The lowest BCUT2D eigenvalue weighted by atomic mass is 9.95. The van der Waals surface area contributed by atoms with Crippen molar-refractivity contribution in [2.24, 2.45) is 0 Å². The van der Waals surface area contributed by atoms with Crippen molar-refractivity contribution in [2.45, 2.75) is 18.9 Å². The van der Waals surface area contributed by atoms with Crippen molar-refractivity contribution in [1.82, 2.24) is 15.1 Å². The third-order valence-electron chi connectivity index (χ3n) is 6.31. The molecule has 1 fully saturated rings. The van der Waals surface area contributed by atoms with Crippen LogP contribution in [0.15, 0.2) is 48.5 Å². The minimum absolute atomic E-state index is 0.00224. The standard InChI is InChI=1S/C24H32N4O/c1-26-13-15-28(16-14-26)23(18-25-24(29)19-7-4-3-5-8-19)21-10-11-22-20(17-21)9-6-12-27(22)2/h3-5,7-8,10-11,17,23H,6,9,12-16,18H2,1-2H3,(H,25,29). The molecule has 0 aromatic heterocycles. The molecule has 154 valence electrons. The third-order valence-corrected chi connectivity index (χ3v) is 6.31. The molecule has 1 saturated heterocycles. The number of benzene rings is 2. The van der Waals surface area contributed by atoms with Crippen molar-refractivity contribution in [3.63, 3.8) is 0 Å². The van der Waals surface area contributed by atoms with Crippen LogP contribution in [-0.4, -0.2) is 69.1 Å². The number of carbonyl (C=O) groups is 1. The van der Waals surface area contributed by atoms with E-state index in [-0.39, 0.29) is 11.9 Å². The highest BCUT2D eigenvalue weighted by Crippen LogP contribution is 2.31. The first kappa shape index (κ1) is 19.9. The van der Waals surface area contributed by atoms with Gasteiger partial charge in [0, 0.05) is 57.6 Å². The van der Waals surface area contributed by atoms with Crippen LogP contribution in [0.5, 0.6) is 0 Å². The molecule has 0 spiro atoms. The topological polar surface area (TPSA) is 38.8 Å². The highest BCUT2D eigenvalue weighted by Gasteiger charge is 2.26. The summed E-state index contributed by atoms with van der Waals surface area (Å²) in [5.74, 6) is 0.00224. The number of aryl methyl sites for hydroxylation is 1. The summed E-state index contributed by atoms with van der Waals surface area (Å²) in [6.45, 7) is 5.94. The molecule has 2 aromatic carbocycles. The van der Waals surface area contributed by atoms with E-state index in [1.807, 2.05) is 30.3 Å². The first-order chi connectivity index (χ1) is 14.1. The van der Waals surface area contributed by atoms with Gasteiger partial charge < -0.3 is 15.1 Å². The fraction of sp³-hybridized carbons (Fsp3) is 0.458. The maximum atomic E-state index is 12.6. The average molecular weight is 393 g/mol. The van der Waals surface area contributed by atoms with Crippen LogP contribution in [-0.2, 0) is 6.42 Å². The van der Waals surface area contributed by atoms with Crippen molar-refractivity contribution in [2.75, 3.05) is 58.3 Å². The second kappa shape index (κ2) is 8.97. The van der Waals surface area contributed by atoms with Crippen LogP contribution in [0, 0.1) is 0 Å². The van der Waals surface area contributed by atoms with Crippen LogP contribution >= 0.6 is 0 Å². The van der Waals surface area contributed by atoms with Crippen LogP contribution in [0.2, 0.25) is 0 Å². The molecule has 1 amide bonds. The van der Waals surface area contributed by atoms with E-state index in [4.69, 9.17) is 0 Å². The van der Waals surface area contributed by atoms with Crippen LogP contribution in [0.3, 0.4) is 0 Å². The molecule has 2 aliphatic rings. The van der Waals surface area contributed by atoms with Gasteiger partial charge in [-0.1, -0.05) is 30.3 Å². The summed E-state index contributed by atoms with van der Waals surface area (Å²) >= 11 is 0. The van der Waals surface area contributed by atoms with Gasteiger partial charge in [0.1, 0.15) is 0 Å². The van der Waals surface area contributed by atoms with Crippen LogP contribution in [0.4, 0.5) is 5.69 Å². The monoisotopic (exact) mass is 392 g/mol. The predicted molar refractivity (Wildman–Crippen MR) is 119 cm³/mol. The van der Waals surface area contributed by atoms with Crippen molar-refractivity contribution in [3.8, 4) is 0 Å². The number of hydrogen-bond donors (Lipinski definition) is 1. The van der Waals surface area contributed by atoms with Gasteiger partial charge in [-0.15, -0.1) is 0 Å². The summed E-state index contributed by atoms with van der Waals surface area (Å²) < 4.78 is 0.